The van der Waals surface area contributed by atoms with Gasteiger partial charge in [0.05, 0.1) is 0 Å². The van der Waals surface area contributed by atoms with Crippen LogP contribution in [0.25, 0.3) is 0 Å². The van der Waals surface area contributed by atoms with Gasteiger partial charge in [0.15, 0.2) is 0 Å². The first kappa shape index (κ1) is 31.6. The van der Waals surface area contributed by atoms with Crippen LogP contribution in [0.5, 0.6) is 0 Å². The monoisotopic (exact) mass is 427 g/mol. The van der Waals surface area contributed by atoms with E-state index in [2.05, 4.69) is 20.8 Å². The number of carbonyl (C=O) groups is 1. The molecule has 3 nitrogen and oxygen atoms in total. The van der Waals surface area contributed by atoms with Gasteiger partial charge < -0.3 is 10.9 Å². The Balaban J connectivity index is 0. The van der Waals surface area contributed by atoms with Gasteiger partial charge in [0, 0.05) is 6.92 Å². The molecule has 0 fully saturated rings. The topological polar surface area (TPSA) is 61.3 Å². The van der Waals surface area contributed by atoms with Crippen molar-refractivity contribution in [2.24, 2.45) is 0 Å². The highest BCUT2D eigenvalue weighted by Gasteiger charge is 2.31. The van der Waals surface area contributed by atoms with E-state index in [9.17, 15) is 4.79 Å². The minimum absolute atomic E-state index is 0. The van der Waals surface area contributed by atoms with E-state index in [0.29, 0.717) is 0 Å². The van der Waals surface area contributed by atoms with Gasteiger partial charge in [-0.15, -0.1) is 0 Å². The molecule has 0 unspecified atom stereocenters. The summed E-state index contributed by atoms with van der Waals surface area (Å²) in [5.74, 6) is -0.0760. The molecule has 0 aliphatic rings. The second-order valence-corrected chi connectivity index (χ2v) is 9.33. The summed E-state index contributed by atoms with van der Waals surface area (Å²) in [5, 5.41) is 0. The molecule has 30 heavy (non-hydrogen) atoms. The third-order valence-electron chi connectivity index (χ3n) is 6.32. The zero-order valence-electron chi connectivity index (χ0n) is 21.4. The first-order chi connectivity index (χ1) is 14.1. The largest absolute Gasteiger partial charge is 0.459 e. The smallest absolute Gasteiger partial charge is 0.303 e. The van der Waals surface area contributed by atoms with Gasteiger partial charge in [-0.2, -0.15) is 0 Å². The molecule has 0 spiro atoms. The Hall–Kier alpha value is -0.570. The van der Waals surface area contributed by atoms with Crippen LogP contribution in [-0.2, 0) is 9.53 Å². The fourth-order valence-electron chi connectivity index (χ4n) is 4.52. The number of carbonyl (C=O) groups excluding carboxylic acids is 1. The molecule has 0 saturated carbocycles. The van der Waals surface area contributed by atoms with E-state index < -0.39 is 0 Å². The van der Waals surface area contributed by atoms with Crippen LogP contribution in [-0.4, -0.2) is 11.6 Å². The van der Waals surface area contributed by atoms with Gasteiger partial charge in [-0.25, -0.2) is 0 Å². The van der Waals surface area contributed by atoms with E-state index in [1.165, 1.54) is 116 Å². The average Bonchev–Trinajstić information content (AvgIpc) is 2.69. The van der Waals surface area contributed by atoms with Crippen LogP contribution in [0, 0.1) is 0 Å². The van der Waals surface area contributed by atoms with Crippen LogP contribution in [0.15, 0.2) is 0 Å². The zero-order chi connectivity index (χ0) is 21.6. The molecule has 0 atom stereocenters. The number of rotatable bonds is 22. The number of hydrogen-bond acceptors (Lipinski definition) is 3. The van der Waals surface area contributed by atoms with Crippen LogP contribution in [0.1, 0.15) is 163 Å². The fraction of sp³-hybridized carbons (Fsp3) is 0.963. The summed E-state index contributed by atoms with van der Waals surface area (Å²) in [4.78, 5) is 12.0. The molecule has 3 N–H and O–H groups in total. The van der Waals surface area contributed by atoms with Gasteiger partial charge in [0.25, 0.3) is 0 Å². The summed E-state index contributed by atoms with van der Waals surface area (Å²) in [6, 6.07) is 0. The van der Waals surface area contributed by atoms with Crippen molar-refractivity contribution in [3.05, 3.63) is 0 Å². The van der Waals surface area contributed by atoms with E-state index in [1.54, 1.807) is 6.92 Å². The summed E-state index contributed by atoms with van der Waals surface area (Å²) in [7, 11) is 0. The van der Waals surface area contributed by atoms with E-state index in [4.69, 9.17) is 4.74 Å². The van der Waals surface area contributed by atoms with Crippen molar-refractivity contribution in [2.45, 2.75) is 168 Å². The summed E-state index contributed by atoms with van der Waals surface area (Å²) in [6.07, 6.45) is 26.7. The molecular weight excluding hydrogens is 370 g/mol. The molecule has 0 aliphatic carbocycles. The van der Waals surface area contributed by atoms with E-state index >= 15 is 0 Å². The molecule has 0 aromatic heterocycles. The highest BCUT2D eigenvalue weighted by molar-refractivity contribution is 5.66. The van der Waals surface area contributed by atoms with Gasteiger partial charge in [-0.05, 0) is 38.5 Å². The molecule has 0 saturated heterocycles. The molecule has 0 bridgehead atoms. The van der Waals surface area contributed by atoms with Gasteiger partial charge in [-0.1, -0.05) is 117 Å². The fourth-order valence-corrected chi connectivity index (χ4v) is 4.52. The Morgan fingerprint density at radius 2 is 0.800 bits per heavy atom. The third kappa shape index (κ3) is 19.4. The van der Waals surface area contributed by atoms with Crippen LogP contribution < -0.4 is 6.15 Å². The minimum Gasteiger partial charge on any atom is -0.459 e. The average molecular weight is 428 g/mol. The van der Waals surface area contributed by atoms with Crippen LogP contribution >= 0.6 is 0 Å². The minimum atomic E-state index is -0.188. The van der Waals surface area contributed by atoms with Crippen LogP contribution in [0.2, 0.25) is 0 Å². The lowest BCUT2D eigenvalue weighted by Crippen LogP contribution is -2.34. The Kier molecular flexibility index (Phi) is 24.3. The maximum absolute atomic E-state index is 12.0. The highest BCUT2D eigenvalue weighted by Crippen LogP contribution is 2.33. The second-order valence-electron chi connectivity index (χ2n) is 9.33. The van der Waals surface area contributed by atoms with Gasteiger partial charge in [-0.3, -0.25) is 4.79 Å². The Bertz CT molecular complexity index is 316. The lowest BCUT2D eigenvalue weighted by atomic mass is 9.84. The van der Waals surface area contributed by atoms with Crippen molar-refractivity contribution < 1.29 is 9.53 Å². The molecule has 182 valence electrons. The molecule has 0 heterocycles. The molecule has 0 amide bonds. The molecule has 0 rings (SSSR count). The lowest BCUT2D eigenvalue weighted by Gasteiger charge is -2.34. The molecule has 0 radical (unpaired) electrons. The standard InChI is InChI=1S/C27H54O2.H3N/c1-5-8-11-14-17-20-23-27(29-26(4)28,24-21-18-15-12-9-6-2)25-22-19-16-13-10-7-3;/h5-25H2,1-4H3;1H3. The van der Waals surface area contributed by atoms with Crippen molar-refractivity contribution in [1.82, 2.24) is 6.15 Å². The normalized spacial score (nSPS) is 11.3. The van der Waals surface area contributed by atoms with Crippen molar-refractivity contribution in [3.8, 4) is 0 Å². The Morgan fingerprint density at radius 3 is 1.07 bits per heavy atom. The number of ether oxygens (including phenoxy) is 1. The first-order valence-electron chi connectivity index (χ1n) is 13.3. The first-order valence-corrected chi connectivity index (χ1v) is 13.3. The molecular formula is C27H57NO2. The van der Waals surface area contributed by atoms with Gasteiger partial charge >= 0.3 is 5.97 Å². The molecule has 0 aliphatic heterocycles. The van der Waals surface area contributed by atoms with Crippen LogP contribution in [0.3, 0.4) is 0 Å². The van der Waals surface area contributed by atoms with Crippen LogP contribution in [0.4, 0.5) is 0 Å². The summed E-state index contributed by atoms with van der Waals surface area (Å²) >= 11 is 0. The molecule has 0 aromatic carbocycles. The number of hydrogen-bond donors (Lipinski definition) is 1. The Morgan fingerprint density at radius 1 is 0.533 bits per heavy atom. The van der Waals surface area contributed by atoms with Crippen molar-refractivity contribution in [3.63, 3.8) is 0 Å². The number of esters is 1. The van der Waals surface area contributed by atoms with E-state index in [1.807, 2.05) is 0 Å². The molecule has 3 heteroatoms. The highest BCUT2D eigenvalue weighted by atomic mass is 16.6. The molecule has 0 aromatic rings. The van der Waals surface area contributed by atoms with Crippen molar-refractivity contribution in [2.75, 3.05) is 0 Å². The van der Waals surface area contributed by atoms with Gasteiger partial charge in [0.1, 0.15) is 5.60 Å². The zero-order valence-corrected chi connectivity index (χ0v) is 21.4. The SMILES string of the molecule is CCCCCCCCC(CCCCCCCC)(CCCCCCCC)OC(C)=O.N. The van der Waals surface area contributed by atoms with Crippen molar-refractivity contribution >= 4 is 5.97 Å². The number of unbranched alkanes of at least 4 members (excludes halogenated alkanes) is 15. The second kappa shape index (κ2) is 23.1. The predicted molar refractivity (Wildman–Crippen MR) is 133 cm³/mol. The van der Waals surface area contributed by atoms with E-state index in [-0.39, 0.29) is 17.7 Å². The van der Waals surface area contributed by atoms with Gasteiger partial charge in [0.2, 0.25) is 0 Å². The summed E-state index contributed by atoms with van der Waals surface area (Å²) in [6.45, 7) is 8.42. The maximum atomic E-state index is 12.0. The lowest BCUT2D eigenvalue weighted by molar-refractivity contribution is -0.160. The summed E-state index contributed by atoms with van der Waals surface area (Å²) in [5.41, 5.74) is -0.188. The Labute approximate surface area is 190 Å². The summed E-state index contributed by atoms with van der Waals surface area (Å²) < 4.78 is 6.08. The third-order valence-corrected chi connectivity index (χ3v) is 6.32. The quantitative estimate of drug-likeness (QED) is 0.138. The van der Waals surface area contributed by atoms with Crippen molar-refractivity contribution in [1.29, 1.82) is 0 Å². The maximum Gasteiger partial charge on any atom is 0.303 e. The van der Waals surface area contributed by atoms with E-state index in [0.717, 1.165) is 19.3 Å². The predicted octanol–water partition coefficient (Wildman–Crippen LogP) is 9.70.